The number of nitrogens with one attached hydrogen (secondary N) is 2. The summed E-state index contributed by atoms with van der Waals surface area (Å²) in [6.07, 6.45) is 0. The van der Waals surface area contributed by atoms with Crippen molar-refractivity contribution >= 4 is 22.5 Å². The lowest BCUT2D eigenvalue weighted by molar-refractivity contribution is -0.135. The van der Waals surface area contributed by atoms with E-state index in [2.05, 4.69) is 34.6 Å². The van der Waals surface area contributed by atoms with Crippen molar-refractivity contribution in [3.63, 3.8) is 0 Å². The fourth-order valence-electron chi connectivity index (χ4n) is 5.50. The van der Waals surface area contributed by atoms with Crippen molar-refractivity contribution < 1.29 is 13.9 Å². The lowest BCUT2D eigenvalue weighted by Gasteiger charge is -2.31. The molecule has 0 bridgehead atoms. The van der Waals surface area contributed by atoms with Crippen LogP contribution in [0.5, 0.6) is 0 Å². The molecule has 36 heavy (non-hydrogen) atoms. The summed E-state index contributed by atoms with van der Waals surface area (Å²) in [6, 6.07) is 32.6. The van der Waals surface area contributed by atoms with E-state index in [0.717, 1.165) is 27.7 Å². The highest BCUT2D eigenvalue weighted by Gasteiger charge is 2.53. The monoisotopic (exact) mass is 476 g/mol. The smallest absolute Gasteiger partial charge is 0.266 e. The van der Waals surface area contributed by atoms with Crippen molar-refractivity contribution in [3.05, 3.63) is 137 Å². The third-order valence-electron chi connectivity index (χ3n) is 6.93. The highest BCUT2D eigenvalue weighted by Crippen LogP contribution is 2.50. The van der Waals surface area contributed by atoms with Gasteiger partial charge in [-0.25, -0.2) is 4.39 Å². The van der Waals surface area contributed by atoms with Gasteiger partial charge in [-0.1, -0.05) is 78.9 Å². The number of halogens is 1. The van der Waals surface area contributed by atoms with Crippen LogP contribution >= 0.6 is 0 Å². The molecule has 1 aromatic heterocycles. The number of para-hydroxylation sites is 1. The molecule has 0 spiro atoms. The zero-order valence-corrected chi connectivity index (χ0v) is 19.8. The lowest BCUT2D eigenvalue weighted by Crippen LogP contribution is -2.39. The van der Waals surface area contributed by atoms with Gasteiger partial charge in [0.2, 0.25) is 5.60 Å². The number of hydrogen-bond acceptors (Lipinski definition) is 2. The molecule has 1 unspecified atom stereocenters. The number of benzene rings is 4. The van der Waals surface area contributed by atoms with Crippen LogP contribution in [-0.4, -0.2) is 17.5 Å². The van der Waals surface area contributed by atoms with E-state index in [9.17, 15) is 9.18 Å². The van der Waals surface area contributed by atoms with Gasteiger partial charge in [0.15, 0.2) is 0 Å². The number of aromatic amines is 1. The number of hydrogen-bond donors (Lipinski definition) is 2. The molecular formula is C31H25FN2O2. The minimum absolute atomic E-state index is 0.211. The summed E-state index contributed by atoms with van der Waals surface area (Å²) in [5, 5.41) is 3.82. The van der Waals surface area contributed by atoms with Crippen molar-refractivity contribution in [3.8, 4) is 0 Å². The summed E-state index contributed by atoms with van der Waals surface area (Å²) >= 11 is 0. The van der Waals surface area contributed by atoms with E-state index in [-0.39, 0.29) is 18.4 Å². The van der Waals surface area contributed by atoms with Gasteiger partial charge in [-0.2, -0.15) is 0 Å². The summed E-state index contributed by atoms with van der Waals surface area (Å²) < 4.78 is 21.0. The Bertz CT molecular complexity index is 1520. The van der Waals surface area contributed by atoms with E-state index >= 15 is 0 Å². The molecule has 1 aliphatic heterocycles. The summed E-state index contributed by atoms with van der Waals surface area (Å²) in [7, 11) is 0. The van der Waals surface area contributed by atoms with Gasteiger partial charge in [-0.3, -0.25) is 4.79 Å². The Kier molecular flexibility index (Phi) is 5.42. The fraction of sp³-hybridized carbons (Fsp3) is 0.129. The van der Waals surface area contributed by atoms with Crippen LogP contribution in [0.4, 0.5) is 10.1 Å². The highest BCUT2D eigenvalue weighted by atomic mass is 19.1. The maximum Gasteiger partial charge on any atom is 0.266 e. The maximum atomic E-state index is 14.6. The average molecular weight is 477 g/mol. The predicted molar refractivity (Wildman–Crippen MR) is 140 cm³/mol. The molecule has 5 aromatic rings. The molecular weight excluding hydrogens is 451 g/mol. The van der Waals surface area contributed by atoms with Crippen LogP contribution in [0.25, 0.3) is 10.9 Å². The second-order valence-corrected chi connectivity index (χ2v) is 8.97. The number of anilines is 1. The third-order valence-corrected chi connectivity index (χ3v) is 6.93. The maximum absolute atomic E-state index is 14.6. The van der Waals surface area contributed by atoms with E-state index in [1.54, 1.807) is 6.07 Å². The second-order valence-electron chi connectivity index (χ2n) is 8.97. The molecule has 0 fully saturated rings. The topological polar surface area (TPSA) is 54.1 Å². The molecule has 6 rings (SSSR count). The van der Waals surface area contributed by atoms with Crippen molar-refractivity contribution in [1.82, 2.24) is 4.98 Å². The van der Waals surface area contributed by atoms with Crippen LogP contribution in [0.15, 0.2) is 103 Å². The summed E-state index contributed by atoms with van der Waals surface area (Å²) in [6.45, 7) is 2.12. The number of amides is 1. The van der Waals surface area contributed by atoms with Gasteiger partial charge in [0.05, 0.1) is 0 Å². The number of aromatic nitrogens is 1. The standard InChI is InChI=1S/C31H25FN2O2/c1-2-36-31(24-19-22(32)17-18-26(24)34-30(31)35)28-23-15-9-10-16-25(23)33-29(28)27(20-11-5-3-6-12-20)21-13-7-4-8-14-21/h3-19,27,33H,2H2,1H3,(H,34,35). The molecule has 2 N–H and O–H groups in total. The first-order valence-electron chi connectivity index (χ1n) is 12.1. The van der Waals surface area contributed by atoms with Gasteiger partial charge >= 0.3 is 0 Å². The zero-order valence-electron chi connectivity index (χ0n) is 19.8. The van der Waals surface area contributed by atoms with E-state index in [4.69, 9.17) is 4.74 Å². The van der Waals surface area contributed by atoms with Gasteiger partial charge < -0.3 is 15.0 Å². The minimum Gasteiger partial charge on any atom is -0.357 e. The molecule has 1 amide bonds. The SMILES string of the molecule is CCOC1(c2c(C(c3ccccc3)c3ccccc3)[nH]c3ccccc23)C(=O)Nc2ccc(F)cc21. The van der Waals surface area contributed by atoms with Crippen molar-refractivity contribution in [2.75, 3.05) is 11.9 Å². The molecule has 0 aliphatic carbocycles. The second kappa shape index (κ2) is 8.77. The summed E-state index contributed by atoms with van der Waals surface area (Å²) in [5.41, 5.74) is 4.11. The molecule has 5 heteroatoms. The Hall–Kier alpha value is -4.22. The fourth-order valence-corrected chi connectivity index (χ4v) is 5.50. The van der Waals surface area contributed by atoms with Crippen LogP contribution < -0.4 is 5.32 Å². The molecule has 4 nitrogen and oxygen atoms in total. The van der Waals surface area contributed by atoms with E-state index in [0.29, 0.717) is 16.8 Å². The normalized spacial score (nSPS) is 16.9. The highest BCUT2D eigenvalue weighted by molar-refractivity contribution is 6.10. The average Bonchev–Trinajstić information content (AvgIpc) is 3.41. The summed E-state index contributed by atoms with van der Waals surface area (Å²) in [4.78, 5) is 17.5. The van der Waals surface area contributed by atoms with Crippen LogP contribution in [-0.2, 0) is 15.1 Å². The Balaban J connectivity index is 1.73. The van der Waals surface area contributed by atoms with Crippen molar-refractivity contribution in [1.29, 1.82) is 0 Å². The molecule has 0 radical (unpaired) electrons. The van der Waals surface area contributed by atoms with Gasteiger partial charge in [-0.15, -0.1) is 0 Å². The first-order chi connectivity index (χ1) is 17.6. The largest absolute Gasteiger partial charge is 0.357 e. The van der Waals surface area contributed by atoms with Crippen LogP contribution in [0.3, 0.4) is 0 Å². The minimum atomic E-state index is -1.51. The van der Waals surface area contributed by atoms with E-state index < -0.39 is 11.4 Å². The number of rotatable bonds is 6. The molecule has 4 aromatic carbocycles. The van der Waals surface area contributed by atoms with Crippen molar-refractivity contribution in [2.24, 2.45) is 0 Å². The van der Waals surface area contributed by atoms with Gasteiger partial charge in [0.25, 0.3) is 5.91 Å². The molecule has 0 saturated carbocycles. The van der Waals surface area contributed by atoms with Crippen molar-refractivity contribution in [2.45, 2.75) is 18.4 Å². The summed E-state index contributed by atoms with van der Waals surface area (Å²) in [5.74, 6) is -0.952. The first-order valence-corrected chi connectivity index (χ1v) is 12.1. The zero-order chi connectivity index (χ0) is 24.7. The Labute approximate surface area is 208 Å². The molecule has 1 atom stereocenters. The quantitative estimate of drug-likeness (QED) is 0.286. The Morgan fingerprint density at radius 1 is 0.861 bits per heavy atom. The number of ether oxygens (including phenoxy) is 1. The predicted octanol–water partition coefficient (Wildman–Crippen LogP) is 6.72. The van der Waals surface area contributed by atoms with Gasteiger partial charge in [-0.05, 0) is 42.3 Å². The lowest BCUT2D eigenvalue weighted by atomic mass is 9.79. The molecule has 1 aliphatic rings. The molecule has 0 saturated heterocycles. The van der Waals surface area contributed by atoms with Gasteiger partial charge in [0, 0.05) is 45.9 Å². The van der Waals surface area contributed by atoms with E-state index in [1.807, 2.05) is 67.6 Å². The Morgan fingerprint density at radius 2 is 1.50 bits per heavy atom. The van der Waals surface area contributed by atoms with Crippen LogP contribution in [0, 0.1) is 5.82 Å². The number of carbonyl (C=O) groups is 1. The number of H-pyrrole nitrogens is 1. The molecule has 178 valence electrons. The number of carbonyl (C=O) groups excluding carboxylic acids is 1. The van der Waals surface area contributed by atoms with Crippen LogP contribution in [0.1, 0.15) is 40.8 Å². The van der Waals surface area contributed by atoms with Crippen LogP contribution in [0.2, 0.25) is 0 Å². The third kappa shape index (κ3) is 3.35. The number of fused-ring (bicyclic) bond motifs is 2. The van der Waals surface area contributed by atoms with E-state index in [1.165, 1.54) is 12.1 Å². The Morgan fingerprint density at radius 3 is 2.17 bits per heavy atom. The first kappa shape index (κ1) is 22.3. The van der Waals surface area contributed by atoms with Gasteiger partial charge in [0.1, 0.15) is 5.82 Å². The molecule has 2 heterocycles.